The fourth-order valence-corrected chi connectivity index (χ4v) is 2.99. The number of anilines is 1. The minimum absolute atomic E-state index is 0.366. The van der Waals surface area contributed by atoms with Gasteiger partial charge in [-0.3, -0.25) is 0 Å². The van der Waals surface area contributed by atoms with Crippen LogP contribution in [0.15, 0.2) is 54.6 Å². The third-order valence-electron chi connectivity index (χ3n) is 3.96. The van der Waals surface area contributed by atoms with Crippen molar-refractivity contribution >= 4 is 5.69 Å². The van der Waals surface area contributed by atoms with E-state index in [1.54, 1.807) is 0 Å². The molecule has 0 aromatic heterocycles. The van der Waals surface area contributed by atoms with Gasteiger partial charge >= 0.3 is 0 Å². The Morgan fingerprint density at radius 3 is 2.68 bits per heavy atom. The maximum atomic E-state index is 5.85. The van der Waals surface area contributed by atoms with E-state index in [4.69, 9.17) is 4.74 Å². The lowest BCUT2D eigenvalue weighted by Gasteiger charge is -2.27. The zero-order valence-electron chi connectivity index (χ0n) is 10.6. The van der Waals surface area contributed by atoms with Crippen LogP contribution in [0.4, 0.5) is 5.69 Å². The van der Waals surface area contributed by atoms with Gasteiger partial charge in [-0.2, -0.15) is 0 Å². The Morgan fingerprint density at radius 1 is 1.00 bits per heavy atom. The number of hydrazine groups is 1. The molecule has 2 heterocycles. The number of para-hydroxylation sites is 2. The van der Waals surface area contributed by atoms with Crippen LogP contribution in [0.1, 0.15) is 11.6 Å². The lowest BCUT2D eigenvalue weighted by molar-refractivity contribution is 0.212. The minimum Gasteiger partial charge on any atom is -0.493 e. The Hall–Kier alpha value is -2.00. The van der Waals surface area contributed by atoms with Gasteiger partial charge < -0.3 is 9.75 Å². The molecule has 2 aromatic rings. The van der Waals surface area contributed by atoms with Gasteiger partial charge in [-0.05, 0) is 18.2 Å². The first kappa shape index (κ1) is 10.9. The van der Waals surface area contributed by atoms with Crippen molar-refractivity contribution in [2.45, 2.75) is 6.04 Å². The fourth-order valence-electron chi connectivity index (χ4n) is 2.99. The predicted molar refractivity (Wildman–Crippen MR) is 75.1 cm³/mol. The molecule has 2 aliphatic heterocycles. The molecule has 0 radical (unpaired) electrons. The van der Waals surface area contributed by atoms with Gasteiger partial charge in [-0.25, -0.2) is 5.43 Å². The van der Waals surface area contributed by atoms with Crippen LogP contribution in [0.25, 0.3) is 0 Å². The zero-order chi connectivity index (χ0) is 12.7. The molecule has 0 spiro atoms. The van der Waals surface area contributed by atoms with Crippen molar-refractivity contribution < 1.29 is 4.74 Å². The lowest BCUT2D eigenvalue weighted by Crippen LogP contribution is -2.32. The van der Waals surface area contributed by atoms with Crippen molar-refractivity contribution in [1.82, 2.24) is 5.43 Å². The van der Waals surface area contributed by atoms with Crippen LogP contribution in [0.5, 0.6) is 5.75 Å². The minimum atomic E-state index is 0.366. The third kappa shape index (κ3) is 1.78. The molecule has 3 nitrogen and oxygen atoms in total. The smallest absolute Gasteiger partial charge is 0.124 e. The molecule has 4 rings (SSSR count). The van der Waals surface area contributed by atoms with Crippen LogP contribution in [-0.2, 0) is 0 Å². The highest BCUT2D eigenvalue weighted by Crippen LogP contribution is 2.39. The van der Waals surface area contributed by atoms with Crippen LogP contribution in [0.3, 0.4) is 0 Å². The maximum Gasteiger partial charge on any atom is 0.124 e. The molecule has 2 aliphatic rings. The number of fused-ring (bicyclic) bond motifs is 3. The van der Waals surface area contributed by atoms with Crippen molar-refractivity contribution in [1.29, 1.82) is 0 Å². The molecule has 0 amide bonds. The van der Waals surface area contributed by atoms with E-state index >= 15 is 0 Å². The summed E-state index contributed by atoms with van der Waals surface area (Å²) in [6.07, 6.45) is 0. The van der Waals surface area contributed by atoms with Crippen LogP contribution >= 0.6 is 0 Å². The average molecular weight is 252 g/mol. The van der Waals surface area contributed by atoms with E-state index in [0.29, 0.717) is 12.0 Å². The lowest BCUT2D eigenvalue weighted by atomic mass is 9.93. The SMILES string of the molecule is c1ccc(N2CC3COc4ccccc4C3N2)cc1. The van der Waals surface area contributed by atoms with Crippen LogP contribution in [0, 0.1) is 5.92 Å². The van der Waals surface area contributed by atoms with Gasteiger partial charge in [0, 0.05) is 18.0 Å². The molecule has 3 heteroatoms. The first-order valence-electron chi connectivity index (χ1n) is 6.72. The van der Waals surface area contributed by atoms with E-state index < -0.39 is 0 Å². The van der Waals surface area contributed by atoms with E-state index in [1.165, 1.54) is 11.3 Å². The molecule has 1 N–H and O–H groups in total. The summed E-state index contributed by atoms with van der Waals surface area (Å²) >= 11 is 0. The summed E-state index contributed by atoms with van der Waals surface area (Å²) in [5.41, 5.74) is 6.11. The average Bonchev–Trinajstić information content (AvgIpc) is 2.93. The van der Waals surface area contributed by atoms with Crippen molar-refractivity contribution in [2.75, 3.05) is 18.2 Å². The predicted octanol–water partition coefficient (Wildman–Crippen LogP) is 2.76. The molecule has 0 aliphatic carbocycles. The molecule has 2 unspecified atom stereocenters. The van der Waals surface area contributed by atoms with Gasteiger partial charge in [0.25, 0.3) is 0 Å². The van der Waals surface area contributed by atoms with E-state index in [-0.39, 0.29) is 0 Å². The standard InChI is InChI=1S/C16H16N2O/c1-2-6-13(7-3-1)18-10-12-11-19-15-9-5-4-8-14(15)16(12)17-18/h1-9,12,16-17H,10-11H2. The van der Waals surface area contributed by atoms with E-state index in [2.05, 4.69) is 52.9 Å². The molecular formula is C16H16N2O. The summed E-state index contributed by atoms with van der Waals surface area (Å²) in [7, 11) is 0. The number of nitrogens with one attached hydrogen (secondary N) is 1. The third-order valence-corrected chi connectivity index (χ3v) is 3.96. The normalized spacial score (nSPS) is 24.5. The fraction of sp³-hybridized carbons (Fsp3) is 0.250. The topological polar surface area (TPSA) is 24.5 Å². The van der Waals surface area contributed by atoms with Crippen molar-refractivity contribution in [3.8, 4) is 5.75 Å². The second-order valence-corrected chi connectivity index (χ2v) is 5.16. The second kappa shape index (κ2) is 4.28. The van der Waals surface area contributed by atoms with Gasteiger partial charge in [0.15, 0.2) is 0 Å². The van der Waals surface area contributed by atoms with Crippen molar-refractivity contribution in [2.24, 2.45) is 5.92 Å². The number of rotatable bonds is 1. The van der Waals surface area contributed by atoms with E-state index in [0.717, 1.165) is 18.9 Å². The summed E-state index contributed by atoms with van der Waals surface area (Å²) in [6, 6.07) is 19.2. The molecule has 19 heavy (non-hydrogen) atoms. The van der Waals surface area contributed by atoms with Gasteiger partial charge in [0.2, 0.25) is 0 Å². The Bertz CT molecular complexity index is 584. The first-order chi connectivity index (χ1) is 9.42. The Morgan fingerprint density at radius 2 is 1.79 bits per heavy atom. The molecule has 1 saturated heterocycles. The van der Waals surface area contributed by atoms with Gasteiger partial charge in [-0.15, -0.1) is 0 Å². The number of hydrogen-bond acceptors (Lipinski definition) is 3. The van der Waals surface area contributed by atoms with Crippen LogP contribution in [0.2, 0.25) is 0 Å². The summed E-state index contributed by atoms with van der Waals surface area (Å²) in [5.74, 6) is 1.53. The quantitative estimate of drug-likeness (QED) is 0.844. The highest BCUT2D eigenvalue weighted by Gasteiger charge is 2.38. The van der Waals surface area contributed by atoms with Crippen molar-refractivity contribution in [3.63, 3.8) is 0 Å². The van der Waals surface area contributed by atoms with E-state index in [9.17, 15) is 0 Å². The van der Waals surface area contributed by atoms with E-state index in [1.807, 2.05) is 12.1 Å². The molecular weight excluding hydrogens is 236 g/mol. The number of ether oxygens (including phenoxy) is 1. The molecule has 2 atom stereocenters. The summed E-state index contributed by atoms with van der Waals surface area (Å²) in [5, 5.41) is 2.24. The van der Waals surface area contributed by atoms with Gasteiger partial charge in [0.05, 0.1) is 18.3 Å². The Kier molecular flexibility index (Phi) is 2.45. The highest BCUT2D eigenvalue weighted by molar-refractivity contribution is 5.48. The zero-order valence-corrected chi connectivity index (χ0v) is 10.6. The summed E-state index contributed by atoms with van der Waals surface area (Å²) in [4.78, 5) is 0. The molecule has 96 valence electrons. The number of benzene rings is 2. The highest BCUT2D eigenvalue weighted by atomic mass is 16.5. The Labute approximate surface area is 112 Å². The molecule has 1 fully saturated rings. The monoisotopic (exact) mass is 252 g/mol. The largest absolute Gasteiger partial charge is 0.493 e. The molecule has 0 bridgehead atoms. The second-order valence-electron chi connectivity index (χ2n) is 5.16. The van der Waals surface area contributed by atoms with Crippen LogP contribution < -0.4 is 15.2 Å². The maximum absolute atomic E-state index is 5.85. The Balaban J connectivity index is 1.65. The summed E-state index contributed by atoms with van der Waals surface area (Å²) < 4.78 is 5.85. The van der Waals surface area contributed by atoms with Crippen LogP contribution in [-0.4, -0.2) is 13.2 Å². The first-order valence-corrected chi connectivity index (χ1v) is 6.72. The molecule has 0 saturated carbocycles. The van der Waals surface area contributed by atoms with Crippen molar-refractivity contribution in [3.05, 3.63) is 60.2 Å². The van der Waals surface area contributed by atoms with Gasteiger partial charge in [0.1, 0.15) is 5.75 Å². The summed E-state index contributed by atoms with van der Waals surface area (Å²) in [6.45, 7) is 1.78. The number of hydrogen-bond donors (Lipinski definition) is 1. The number of nitrogens with zero attached hydrogens (tertiary/aromatic N) is 1. The van der Waals surface area contributed by atoms with Gasteiger partial charge in [-0.1, -0.05) is 36.4 Å². The molecule has 2 aromatic carbocycles.